The fourth-order valence-electron chi connectivity index (χ4n) is 3.12. The van der Waals surface area contributed by atoms with Gasteiger partial charge in [-0.1, -0.05) is 12.1 Å². The SMILES string of the molecule is Cc1cc(C)cc(NC(=O)c2cc(COc3cc(C)cc(C)c3C)cs2)c1. The lowest BCUT2D eigenvalue weighted by Gasteiger charge is -2.11. The first kappa shape index (κ1) is 19.2. The molecule has 1 heterocycles. The molecule has 0 saturated carbocycles. The van der Waals surface area contributed by atoms with Crippen LogP contribution in [-0.4, -0.2) is 5.91 Å². The average Bonchev–Trinajstić information content (AvgIpc) is 3.05. The van der Waals surface area contributed by atoms with Crippen LogP contribution < -0.4 is 10.1 Å². The Labute approximate surface area is 165 Å². The van der Waals surface area contributed by atoms with E-state index in [4.69, 9.17) is 4.74 Å². The number of carbonyl (C=O) groups excluding carboxylic acids is 1. The molecular formula is C23H25NO2S. The third kappa shape index (κ3) is 4.77. The number of amides is 1. The summed E-state index contributed by atoms with van der Waals surface area (Å²) in [6.45, 7) is 10.7. The Morgan fingerprint density at radius 2 is 1.59 bits per heavy atom. The van der Waals surface area contributed by atoms with Crippen LogP contribution in [0.2, 0.25) is 0 Å². The van der Waals surface area contributed by atoms with Gasteiger partial charge in [-0.25, -0.2) is 0 Å². The molecule has 2 aromatic carbocycles. The quantitative estimate of drug-likeness (QED) is 0.580. The highest BCUT2D eigenvalue weighted by Crippen LogP contribution is 2.25. The number of nitrogens with one attached hydrogen (secondary N) is 1. The zero-order valence-electron chi connectivity index (χ0n) is 16.5. The van der Waals surface area contributed by atoms with Crippen LogP contribution in [0.1, 0.15) is 43.1 Å². The first-order chi connectivity index (χ1) is 12.8. The summed E-state index contributed by atoms with van der Waals surface area (Å²) in [7, 11) is 0. The second-order valence-corrected chi connectivity index (χ2v) is 8.05. The highest BCUT2D eigenvalue weighted by molar-refractivity contribution is 7.12. The molecule has 27 heavy (non-hydrogen) atoms. The van der Waals surface area contributed by atoms with Crippen molar-refractivity contribution < 1.29 is 9.53 Å². The number of ether oxygens (including phenoxy) is 1. The molecular weight excluding hydrogens is 354 g/mol. The predicted molar refractivity (Wildman–Crippen MR) is 113 cm³/mol. The monoisotopic (exact) mass is 379 g/mol. The number of anilines is 1. The van der Waals surface area contributed by atoms with E-state index in [2.05, 4.69) is 44.3 Å². The van der Waals surface area contributed by atoms with Gasteiger partial charge < -0.3 is 10.1 Å². The Kier molecular flexibility index (Phi) is 5.66. The summed E-state index contributed by atoms with van der Waals surface area (Å²) in [6, 6.07) is 12.2. The molecule has 3 rings (SSSR count). The van der Waals surface area contributed by atoms with Crippen molar-refractivity contribution in [3.63, 3.8) is 0 Å². The molecule has 0 aliphatic heterocycles. The van der Waals surface area contributed by atoms with Crippen LogP contribution in [0, 0.1) is 34.6 Å². The highest BCUT2D eigenvalue weighted by Gasteiger charge is 2.11. The number of aryl methyl sites for hydroxylation is 4. The van der Waals surface area contributed by atoms with Gasteiger partial charge in [0.05, 0.1) is 4.88 Å². The van der Waals surface area contributed by atoms with Crippen LogP contribution >= 0.6 is 11.3 Å². The fraction of sp³-hybridized carbons (Fsp3) is 0.261. The summed E-state index contributed by atoms with van der Waals surface area (Å²) >= 11 is 1.44. The van der Waals surface area contributed by atoms with E-state index >= 15 is 0 Å². The van der Waals surface area contributed by atoms with Gasteiger partial charge in [0.15, 0.2) is 0 Å². The lowest BCUT2D eigenvalue weighted by Crippen LogP contribution is -2.10. The molecule has 0 fully saturated rings. The first-order valence-corrected chi connectivity index (χ1v) is 9.87. The van der Waals surface area contributed by atoms with Crippen LogP contribution in [0.3, 0.4) is 0 Å². The zero-order chi connectivity index (χ0) is 19.6. The van der Waals surface area contributed by atoms with Crippen molar-refractivity contribution >= 4 is 22.9 Å². The van der Waals surface area contributed by atoms with E-state index in [-0.39, 0.29) is 5.91 Å². The zero-order valence-corrected chi connectivity index (χ0v) is 17.3. The van der Waals surface area contributed by atoms with E-state index in [1.54, 1.807) is 0 Å². The molecule has 0 bridgehead atoms. The van der Waals surface area contributed by atoms with Gasteiger partial charge in [0, 0.05) is 11.3 Å². The van der Waals surface area contributed by atoms with Crippen LogP contribution in [0.25, 0.3) is 0 Å². The third-order valence-corrected chi connectivity index (χ3v) is 5.49. The van der Waals surface area contributed by atoms with Crippen LogP contribution in [0.4, 0.5) is 5.69 Å². The number of benzene rings is 2. The Morgan fingerprint density at radius 1 is 0.926 bits per heavy atom. The van der Waals surface area contributed by atoms with Crippen LogP contribution in [-0.2, 0) is 6.61 Å². The lowest BCUT2D eigenvalue weighted by atomic mass is 10.1. The maximum atomic E-state index is 12.5. The molecule has 140 valence electrons. The smallest absolute Gasteiger partial charge is 0.265 e. The second kappa shape index (κ2) is 7.97. The molecule has 0 radical (unpaired) electrons. The van der Waals surface area contributed by atoms with Crippen molar-refractivity contribution in [1.82, 2.24) is 0 Å². The number of carbonyl (C=O) groups is 1. The topological polar surface area (TPSA) is 38.3 Å². The van der Waals surface area contributed by atoms with Crippen molar-refractivity contribution in [3.05, 3.63) is 80.0 Å². The first-order valence-electron chi connectivity index (χ1n) is 8.99. The minimum atomic E-state index is -0.0844. The van der Waals surface area contributed by atoms with E-state index < -0.39 is 0 Å². The lowest BCUT2D eigenvalue weighted by molar-refractivity contribution is 0.103. The van der Waals surface area contributed by atoms with E-state index in [1.165, 1.54) is 22.5 Å². The third-order valence-electron chi connectivity index (χ3n) is 4.52. The summed E-state index contributed by atoms with van der Waals surface area (Å²) in [5, 5.41) is 4.96. The van der Waals surface area contributed by atoms with Crippen molar-refractivity contribution in [2.45, 2.75) is 41.2 Å². The number of hydrogen-bond acceptors (Lipinski definition) is 3. The standard InChI is InChI=1S/C23H25NO2S/c1-14-6-15(2)9-20(8-14)24-23(25)22-11-19(13-27-22)12-26-21-10-16(3)7-17(4)18(21)5/h6-11,13H,12H2,1-5H3,(H,24,25). The average molecular weight is 380 g/mol. The molecule has 0 spiro atoms. The second-order valence-electron chi connectivity index (χ2n) is 7.14. The molecule has 3 nitrogen and oxygen atoms in total. The normalized spacial score (nSPS) is 10.7. The molecule has 0 aliphatic rings. The van der Waals surface area contributed by atoms with E-state index in [0.29, 0.717) is 11.5 Å². The van der Waals surface area contributed by atoms with Gasteiger partial charge in [-0.2, -0.15) is 0 Å². The predicted octanol–water partition coefficient (Wildman–Crippen LogP) is 6.12. The van der Waals surface area contributed by atoms with E-state index in [0.717, 1.165) is 33.7 Å². The Balaban J connectivity index is 1.67. The van der Waals surface area contributed by atoms with Crippen molar-refractivity contribution in [2.75, 3.05) is 5.32 Å². The molecule has 0 saturated heterocycles. The van der Waals surface area contributed by atoms with Gasteiger partial charge in [0.25, 0.3) is 5.91 Å². The largest absolute Gasteiger partial charge is 0.489 e. The fourth-order valence-corrected chi connectivity index (χ4v) is 3.91. The molecule has 1 N–H and O–H groups in total. The molecule has 0 unspecified atom stereocenters. The summed E-state index contributed by atoms with van der Waals surface area (Å²) in [5.74, 6) is 0.818. The molecule has 0 aliphatic carbocycles. The summed E-state index contributed by atoms with van der Waals surface area (Å²) in [5.41, 5.74) is 7.67. The van der Waals surface area contributed by atoms with Crippen molar-refractivity contribution in [1.29, 1.82) is 0 Å². The van der Waals surface area contributed by atoms with Crippen molar-refractivity contribution in [3.8, 4) is 5.75 Å². The minimum absolute atomic E-state index is 0.0844. The highest BCUT2D eigenvalue weighted by atomic mass is 32.1. The molecule has 1 amide bonds. The van der Waals surface area contributed by atoms with Gasteiger partial charge in [-0.3, -0.25) is 4.79 Å². The van der Waals surface area contributed by atoms with Gasteiger partial charge in [0.2, 0.25) is 0 Å². The van der Waals surface area contributed by atoms with Crippen LogP contribution in [0.5, 0.6) is 5.75 Å². The molecule has 4 heteroatoms. The molecule has 1 aromatic heterocycles. The van der Waals surface area contributed by atoms with Crippen LogP contribution in [0.15, 0.2) is 41.8 Å². The Bertz CT molecular complexity index is 968. The number of rotatable bonds is 5. The van der Waals surface area contributed by atoms with E-state index in [1.807, 2.05) is 37.4 Å². The summed E-state index contributed by atoms with van der Waals surface area (Å²) in [4.78, 5) is 13.2. The maximum absolute atomic E-state index is 12.5. The van der Waals surface area contributed by atoms with Gasteiger partial charge in [-0.15, -0.1) is 11.3 Å². The number of hydrogen-bond donors (Lipinski definition) is 1. The summed E-state index contributed by atoms with van der Waals surface area (Å²) < 4.78 is 6.00. The molecule has 0 atom stereocenters. The summed E-state index contributed by atoms with van der Waals surface area (Å²) in [6.07, 6.45) is 0. The van der Waals surface area contributed by atoms with Gasteiger partial charge in [0.1, 0.15) is 12.4 Å². The Hall–Kier alpha value is -2.59. The number of thiophene rings is 1. The minimum Gasteiger partial charge on any atom is -0.489 e. The van der Waals surface area contributed by atoms with Gasteiger partial charge >= 0.3 is 0 Å². The van der Waals surface area contributed by atoms with Crippen molar-refractivity contribution in [2.24, 2.45) is 0 Å². The van der Waals surface area contributed by atoms with Gasteiger partial charge in [-0.05, 0) is 92.1 Å². The van der Waals surface area contributed by atoms with E-state index in [9.17, 15) is 4.79 Å². The maximum Gasteiger partial charge on any atom is 0.265 e. The molecule has 3 aromatic rings. The Morgan fingerprint density at radius 3 is 2.30 bits per heavy atom.